The predicted octanol–water partition coefficient (Wildman–Crippen LogP) is 1.58. The molecule has 0 N–H and O–H groups in total. The molecule has 1 fully saturated rings. The first-order valence-corrected chi connectivity index (χ1v) is 7.89. The Kier molecular flexibility index (Phi) is 5.25. The van der Waals surface area contributed by atoms with Gasteiger partial charge in [-0.3, -0.25) is 4.98 Å². The standard InChI is InChI=1S/C16H21N5O3/c1-22-13-9-14(23-2)20-16(19-13)21-7-3-12(4-8-21)11-24-15-10-17-5-6-18-15/h5-6,9-10,12H,3-4,7-8,11H2,1-2H3. The van der Waals surface area contributed by atoms with E-state index in [-0.39, 0.29) is 0 Å². The summed E-state index contributed by atoms with van der Waals surface area (Å²) >= 11 is 0. The van der Waals surface area contributed by atoms with E-state index in [9.17, 15) is 0 Å². The van der Waals surface area contributed by atoms with Crippen molar-refractivity contribution in [3.05, 3.63) is 24.7 Å². The van der Waals surface area contributed by atoms with E-state index in [1.807, 2.05) is 0 Å². The van der Waals surface area contributed by atoms with E-state index in [0.717, 1.165) is 25.9 Å². The van der Waals surface area contributed by atoms with Crippen LogP contribution in [0.4, 0.5) is 5.95 Å². The Morgan fingerprint density at radius 2 is 1.75 bits per heavy atom. The fraction of sp³-hybridized carbons (Fsp3) is 0.500. The fourth-order valence-corrected chi connectivity index (χ4v) is 2.61. The van der Waals surface area contributed by atoms with Gasteiger partial charge in [-0.1, -0.05) is 0 Å². The Morgan fingerprint density at radius 3 is 2.33 bits per heavy atom. The molecular weight excluding hydrogens is 310 g/mol. The summed E-state index contributed by atoms with van der Waals surface area (Å²) in [6.45, 7) is 2.38. The van der Waals surface area contributed by atoms with Gasteiger partial charge < -0.3 is 19.1 Å². The van der Waals surface area contributed by atoms with Crippen molar-refractivity contribution in [3.63, 3.8) is 0 Å². The van der Waals surface area contributed by atoms with Crippen LogP contribution in [0, 0.1) is 5.92 Å². The monoisotopic (exact) mass is 331 g/mol. The van der Waals surface area contributed by atoms with Crippen molar-refractivity contribution in [2.45, 2.75) is 12.8 Å². The maximum atomic E-state index is 5.70. The van der Waals surface area contributed by atoms with Gasteiger partial charge in [-0.25, -0.2) is 4.98 Å². The van der Waals surface area contributed by atoms with Gasteiger partial charge in [-0.05, 0) is 18.8 Å². The zero-order valence-corrected chi connectivity index (χ0v) is 13.9. The molecule has 0 saturated carbocycles. The molecule has 1 saturated heterocycles. The second kappa shape index (κ2) is 7.76. The average Bonchev–Trinajstić information content (AvgIpc) is 2.67. The lowest BCUT2D eigenvalue weighted by Gasteiger charge is -2.31. The smallest absolute Gasteiger partial charge is 0.232 e. The van der Waals surface area contributed by atoms with Crippen LogP contribution >= 0.6 is 0 Å². The minimum atomic E-state index is 0.482. The van der Waals surface area contributed by atoms with Crippen LogP contribution in [-0.4, -0.2) is 53.9 Å². The van der Waals surface area contributed by atoms with Gasteiger partial charge >= 0.3 is 0 Å². The van der Waals surface area contributed by atoms with Crippen molar-refractivity contribution in [2.75, 3.05) is 38.8 Å². The molecule has 0 aliphatic carbocycles. The third-order valence-electron chi connectivity index (χ3n) is 3.99. The van der Waals surface area contributed by atoms with Gasteiger partial charge in [0.1, 0.15) is 0 Å². The van der Waals surface area contributed by atoms with Gasteiger partial charge in [0, 0.05) is 25.5 Å². The zero-order chi connectivity index (χ0) is 16.8. The number of methoxy groups -OCH3 is 2. The Morgan fingerprint density at radius 1 is 1.04 bits per heavy atom. The molecule has 1 aliphatic heterocycles. The second-order valence-electron chi connectivity index (χ2n) is 5.54. The number of piperidine rings is 1. The summed E-state index contributed by atoms with van der Waals surface area (Å²) in [6, 6.07) is 1.67. The van der Waals surface area contributed by atoms with E-state index in [1.165, 1.54) is 0 Å². The molecule has 128 valence electrons. The summed E-state index contributed by atoms with van der Waals surface area (Å²) in [5.41, 5.74) is 0. The Bertz CT molecular complexity index is 625. The third kappa shape index (κ3) is 4.01. The summed E-state index contributed by atoms with van der Waals surface area (Å²) in [4.78, 5) is 19.1. The maximum absolute atomic E-state index is 5.70. The normalized spacial score (nSPS) is 15.2. The van der Waals surface area contributed by atoms with E-state index in [4.69, 9.17) is 14.2 Å². The van der Waals surface area contributed by atoms with Crippen LogP contribution in [0.1, 0.15) is 12.8 Å². The quantitative estimate of drug-likeness (QED) is 0.789. The summed E-state index contributed by atoms with van der Waals surface area (Å²) in [5, 5.41) is 0. The summed E-state index contributed by atoms with van der Waals surface area (Å²) in [6.07, 6.45) is 6.90. The number of nitrogens with zero attached hydrogens (tertiary/aromatic N) is 5. The number of rotatable bonds is 6. The number of ether oxygens (including phenoxy) is 3. The Balaban J connectivity index is 1.55. The highest BCUT2D eigenvalue weighted by Gasteiger charge is 2.22. The molecule has 0 amide bonds. The number of hydrogen-bond donors (Lipinski definition) is 0. The van der Waals surface area contributed by atoms with Crippen molar-refractivity contribution in [3.8, 4) is 17.6 Å². The molecule has 0 unspecified atom stereocenters. The number of anilines is 1. The van der Waals surface area contributed by atoms with Crippen LogP contribution in [0.5, 0.6) is 17.6 Å². The van der Waals surface area contributed by atoms with Crippen LogP contribution in [-0.2, 0) is 0 Å². The molecule has 2 aromatic heterocycles. The van der Waals surface area contributed by atoms with E-state index in [0.29, 0.717) is 36.1 Å². The van der Waals surface area contributed by atoms with Crippen LogP contribution in [0.3, 0.4) is 0 Å². The summed E-state index contributed by atoms with van der Waals surface area (Å²) in [7, 11) is 3.17. The van der Waals surface area contributed by atoms with Gasteiger partial charge in [0.05, 0.1) is 33.1 Å². The van der Waals surface area contributed by atoms with Crippen LogP contribution in [0.15, 0.2) is 24.7 Å². The van der Waals surface area contributed by atoms with Crippen molar-refractivity contribution >= 4 is 5.95 Å². The van der Waals surface area contributed by atoms with Gasteiger partial charge in [-0.15, -0.1) is 0 Å². The maximum Gasteiger partial charge on any atom is 0.232 e. The van der Waals surface area contributed by atoms with Gasteiger partial charge in [0.25, 0.3) is 0 Å². The van der Waals surface area contributed by atoms with Gasteiger partial charge in [0.15, 0.2) is 0 Å². The summed E-state index contributed by atoms with van der Waals surface area (Å²) in [5.74, 6) is 2.70. The predicted molar refractivity (Wildman–Crippen MR) is 87.6 cm³/mol. The number of aromatic nitrogens is 4. The lowest BCUT2D eigenvalue weighted by atomic mass is 9.98. The topological polar surface area (TPSA) is 82.5 Å². The molecule has 24 heavy (non-hydrogen) atoms. The van der Waals surface area contributed by atoms with Crippen LogP contribution in [0.2, 0.25) is 0 Å². The molecule has 0 spiro atoms. The summed E-state index contributed by atoms with van der Waals surface area (Å²) < 4.78 is 16.1. The molecule has 0 aromatic carbocycles. The first kappa shape index (κ1) is 16.2. The minimum absolute atomic E-state index is 0.482. The third-order valence-corrected chi connectivity index (χ3v) is 3.99. The molecule has 3 rings (SSSR count). The van der Waals surface area contributed by atoms with Crippen molar-refractivity contribution in [1.82, 2.24) is 19.9 Å². The van der Waals surface area contributed by atoms with E-state index >= 15 is 0 Å². The van der Waals surface area contributed by atoms with Crippen LogP contribution in [0.25, 0.3) is 0 Å². The second-order valence-corrected chi connectivity index (χ2v) is 5.54. The SMILES string of the molecule is COc1cc(OC)nc(N2CCC(COc3cnccn3)CC2)n1. The number of hydrogen-bond acceptors (Lipinski definition) is 8. The minimum Gasteiger partial charge on any atom is -0.481 e. The van der Waals surface area contributed by atoms with Crippen molar-refractivity contribution in [1.29, 1.82) is 0 Å². The van der Waals surface area contributed by atoms with Crippen molar-refractivity contribution < 1.29 is 14.2 Å². The Labute approximate surface area is 140 Å². The van der Waals surface area contributed by atoms with E-state index < -0.39 is 0 Å². The van der Waals surface area contributed by atoms with Gasteiger partial charge in [-0.2, -0.15) is 9.97 Å². The average molecular weight is 331 g/mol. The molecule has 2 aromatic rings. The highest BCUT2D eigenvalue weighted by Crippen LogP contribution is 2.25. The molecule has 0 radical (unpaired) electrons. The largest absolute Gasteiger partial charge is 0.481 e. The van der Waals surface area contributed by atoms with Crippen molar-refractivity contribution in [2.24, 2.45) is 5.92 Å². The van der Waals surface area contributed by atoms with E-state index in [2.05, 4.69) is 24.8 Å². The molecule has 8 nitrogen and oxygen atoms in total. The van der Waals surface area contributed by atoms with Crippen LogP contribution < -0.4 is 19.1 Å². The molecule has 8 heteroatoms. The molecule has 0 atom stereocenters. The molecule has 0 bridgehead atoms. The lowest BCUT2D eigenvalue weighted by Crippen LogP contribution is -2.36. The highest BCUT2D eigenvalue weighted by atomic mass is 16.5. The fourth-order valence-electron chi connectivity index (χ4n) is 2.61. The molecule has 3 heterocycles. The lowest BCUT2D eigenvalue weighted by molar-refractivity contribution is 0.215. The highest BCUT2D eigenvalue weighted by molar-refractivity contribution is 5.37. The molecule has 1 aliphatic rings. The first-order valence-electron chi connectivity index (χ1n) is 7.89. The first-order chi connectivity index (χ1) is 11.8. The van der Waals surface area contributed by atoms with E-state index in [1.54, 1.807) is 38.9 Å². The molecular formula is C16H21N5O3. The van der Waals surface area contributed by atoms with Gasteiger partial charge in [0.2, 0.25) is 23.6 Å². The Hall–Kier alpha value is -2.64. The zero-order valence-electron chi connectivity index (χ0n) is 13.9.